The van der Waals surface area contributed by atoms with Crippen molar-refractivity contribution in [2.24, 2.45) is 0 Å². The lowest BCUT2D eigenvalue weighted by Crippen LogP contribution is -2.18. The Morgan fingerprint density at radius 2 is 1.94 bits per heavy atom. The first-order valence-corrected chi connectivity index (χ1v) is 10.9. The molecule has 0 N–H and O–H groups in total. The van der Waals surface area contributed by atoms with Crippen LogP contribution in [0.15, 0.2) is 48.9 Å². The van der Waals surface area contributed by atoms with E-state index in [2.05, 4.69) is 45.8 Å². The summed E-state index contributed by atoms with van der Waals surface area (Å²) in [4.78, 5) is 13.8. The summed E-state index contributed by atoms with van der Waals surface area (Å²) in [6.07, 6.45) is 9.75. The fraction of sp³-hybridized carbons (Fsp3) is 0.280. The van der Waals surface area contributed by atoms with Gasteiger partial charge in [-0.2, -0.15) is 5.10 Å². The molecule has 4 heterocycles. The minimum atomic E-state index is 0.288. The van der Waals surface area contributed by atoms with Crippen LogP contribution < -0.4 is 4.74 Å². The van der Waals surface area contributed by atoms with Crippen molar-refractivity contribution in [2.45, 2.75) is 39.2 Å². The molecule has 0 spiro atoms. The average Bonchev–Trinajstić information content (AvgIpc) is 3.43. The molecule has 0 saturated heterocycles. The molecule has 0 bridgehead atoms. The number of rotatable bonds is 5. The highest BCUT2D eigenvalue weighted by Crippen LogP contribution is 2.33. The summed E-state index contributed by atoms with van der Waals surface area (Å²) in [6.45, 7) is 5.03. The molecule has 5 rings (SSSR count). The molecule has 0 fully saturated rings. The Morgan fingerprint density at radius 1 is 1.06 bits per heavy atom. The third-order valence-corrected chi connectivity index (χ3v) is 5.90. The van der Waals surface area contributed by atoms with Crippen LogP contribution in [-0.4, -0.2) is 36.4 Å². The lowest BCUT2D eigenvalue weighted by molar-refractivity contribution is 0.395. The van der Waals surface area contributed by atoms with Crippen LogP contribution in [-0.2, 0) is 6.54 Å². The van der Waals surface area contributed by atoms with Crippen LogP contribution in [0.25, 0.3) is 17.8 Å². The molecule has 7 heteroatoms. The Labute approximate surface area is 187 Å². The van der Waals surface area contributed by atoms with E-state index in [-0.39, 0.29) is 5.92 Å². The zero-order valence-corrected chi connectivity index (χ0v) is 18.6. The fourth-order valence-corrected chi connectivity index (χ4v) is 4.31. The summed E-state index contributed by atoms with van der Waals surface area (Å²) in [5, 5.41) is 4.73. The smallest absolute Gasteiger partial charge is 0.238 e. The van der Waals surface area contributed by atoms with Gasteiger partial charge < -0.3 is 9.30 Å². The maximum atomic E-state index is 5.51. The normalized spacial score (nSPS) is 15.8. The van der Waals surface area contributed by atoms with E-state index in [1.54, 1.807) is 13.4 Å². The van der Waals surface area contributed by atoms with Gasteiger partial charge in [0.2, 0.25) is 5.88 Å². The number of nitrogens with zero attached hydrogens (tertiary/aromatic N) is 6. The van der Waals surface area contributed by atoms with Gasteiger partial charge in [-0.15, -0.1) is 0 Å². The number of fused-ring (bicyclic) bond motifs is 1. The molecule has 0 saturated carbocycles. The number of benzene rings is 1. The van der Waals surface area contributed by atoms with E-state index in [0.717, 1.165) is 42.3 Å². The predicted octanol–water partition coefficient (Wildman–Crippen LogP) is 4.58. The van der Waals surface area contributed by atoms with E-state index in [0.29, 0.717) is 11.7 Å². The lowest BCUT2D eigenvalue weighted by Gasteiger charge is -2.23. The number of methoxy groups -OCH3 is 1. The molecule has 7 nitrogen and oxygen atoms in total. The van der Waals surface area contributed by atoms with Gasteiger partial charge in [-0.3, -0.25) is 0 Å². The second-order valence-corrected chi connectivity index (χ2v) is 8.12. The van der Waals surface area contributed by atoms with Crippen molar-refractivity contribution in [1.82, 2.24) is 29.3 Å². The highest BCUT2D eigenvalue weighted by atomic mass is 16.5. The van der Waals surface area contributed by atoms with Crippen molar-refractivity contribution in [3.05, 3.63) is 83.1 Å². The minimum absolute atomic E-state index is 0.288. The number of aromatic nitrogens is 6. The van der Waals surface area contributed by atoms with Crippen molar-refractivity contribution < 1.29 is 4.74 Å². The van der Waals surface area contributed by atoms with Gasteiger partial charge in [0.1, 0.15) is 11.5 Å². The van der Waals surface area contributed by atoms with Crippen molar-refractivity contribution in [3.63, 3.8) is 0 Å². The molecule has 32 heavy (non-hydrogen) atoms. The number of imidazole rings is 1. The van der Waals surface area contributed by atoms with Crippen LogP contribution in [0.3, 0.4) is 0 Å². The second kappa shape index (κ2) is 8.42. The van der Waals surface area contributed by atoms with Gasteiger partial charge >= 0.3 is 0 Å². The average molecular weight is 427 g/mol. The number of pyridine rings is 1. The van der Waals surface area contributed by atoms with E-state index in [1.807, 2.05) is 42.0 Å². The third kappa shape index (κ3) is 3.82. The van der Waals surface area contributed by atoms with E-state index in [9.17, 15) is 0 Å². The monoisotopic (exact) mass is 426 g/mol. The third-order valence-electron chi connectivity index (χ3n) is 5.90. The van der Waals surface area contributed by atoms with E-state index in [4.69, 9.17) is 14.8 Å². The molecule has 1 aliphatic heterocycles. The van der Waals surface area contributed by atoms with Crippen molar-refractivity contribution in [3.8, 4) is 11.6 Å². The maximum absolute atomic E-state index is 5.51. The zero-order chi connectivity index (χ0) is 22.1. The Hall–Kier alpha value is -3.74. The molecule has 1 unspecified atom stereocenters. The zero-order valence-electron chi connectivity index (χ0n) is 18.6. The van der Waals surface area contributed by atoms with Crippen molar-refractivity contribution in [1.29, 1.82) is 0 Å². The van der Waals surface area contributed by atoms with E-state index < -0.39 is 0 Å². The second-order valence-electron chi connectivity index (χ2n) is 8.12. The minimum Gasteiger partial charge on any atom is -0.479 e. The van der Waals surface area contributed by atoms with Crippen LogP contribution in [0.4, 0.5) is 0 Å². The summed E-state index contributed by atoms with van der Waals surface area (Å²) in [5.41, 5.74) is 5.21. The van der Waals surface area contributed by atoms with Gasteiger partial charge in [0.15, 0.2) is 5.82 Å². The molecule has 0 amide bonds. The van der Waals surface area contributed by atoms with Gasteiger partial charge in [-0.1, -0.05) is 24.3 Å². The molecule has 1 aromatic carbocycles. The quantitative estimate of drug-likeness (QED) is 0.467. The van der Waals surface area contributed by atoms with Crippen molar-refractivity contribution in [2.75, 3.05) is 7.11 Å². The molecule has 0 radical (unpaired) electrons. The first-order valence-electron chi connectivity index (χ1n) is 10.9. The summed E-state index contributed by atoms with van der Waals surface area (Å²) in [5.74, 6) is 2.58. The van der Waals surface area contributed by atoms with Crippen LogP contribution in [0, 0.1) is 13.8 Å². The maximum Gasteiger partial charge on any atom is 0.238 e. The van der Waals surface area contributed by atoms with Crippen LogP contribution in [0.5, 0.6) is 5.88 Å². The number of hydrogen-bond donors (Lipinski definition) is 0. The predicted molar refractivity (Wildman–Crippen MR) is 124 cm³/mol. The van der Waals surface area contributed by atoms with E-state index >= 15 is 0 Å². The van der Waals surface area contributed by atoms with E-state index in [1.165, 1.54) is 11.1 Å². The topological polar surface area (TPSA) is 70.7 Å². The first-order chi connectivity index (χ1) is 15.6. The lowest BCUT2D eigenvalue weighted by atomic mass is 9.88. The molecular weight excluding hydrogens is 400 g/mol. The fourth-order valence-electron chi connectivity index (χ4n) is 4.31. The summed E-state index contributed by atoms with van der Waals surface area (Å²) >= 11 is 0. The highest BCUT2D eigenvalue weighted by Gasteiger charge is 2.26. The Bertz CT molecular complexity index is 1290. The highest BCUT2D eigenvalue weighted by molar-refractivity contribution is 5.65. The summed E-state index contributed by atoms with van der Waals surface area (Å²) in [7, 11) is 1.62. The molecule has 4 aromatic rings. The largest absolute Gasteiger partial charge is 0.479 e. The van der Waals surface area contributed by atoms with Crippen LogP contribution in [0.1, 0.15) is 52.9 Å². The molecule has 1 aliphatic rings. The van der Waals surface area contributed by atoms with Crippen LogP contribution >= 0.6 is 0 Å². The molecule has 162 valence electrons. The number of ether oxygens (including phenoxy) is 1. The summed E-state index contributed by atoms with van der Waals surface area (Å²) < 4.78 is 9.48. The molecule has 3 aromatic heterocycles. The standard InChI is InChI=1S/C25H26N6O/c1-17-7-4-5-8-20(17)21-9-6-14-31-24(21)28-23(29-31)13-11-19-10-12-22(25(27-19)32-3)30-15-18(2)26-16-30/h4-5,7-8,10-13,15-16,21H,6,9,14H2,1-3H3. The van der Waals surface area contributed by atoms with Crippen LogP contribution in [0.2, 0.25) is 0 Å². The number of aryl methyl sites for hydroxylation is 3. The number of hydrogen-bond acceptors (Lipinski definition) is 5. The summed E-state index contributed by atoms with van der Waals surface area (Å²) in [6, 6.07) is 12.5. The molecule has 1 atom stereocenters. The SMILES string of the molecule is COc1nc(C=Cc2nc3n(n2)CCCC3c2ccccc2C)ccc1-n1cnc(C)c1. The van der Waals surface area contributed by atoms with Gasteiger partial charge in [0, 0.05) is 18.7 Å². The first kappa shape index (κ1) is 20.2. The Balaban J connectivity index is 1.42. The Kier molecular flexibility index (Phi) is 5.31. The van der Waals surface area contributed by atoms with Gasteiger partial charge in [-0.25, -0.2) is 19.6 Å². The molecule has 0 aliphatic carbocycles. The van der Waals surface area contributed by atoms with Gasteiger partial charge in [0.25, 0.3) is 0 Å². The van der Waals surface area contributed by atoms with Gasteiger partial charge in [-0.05, 0) is 62.1 Å². The molecular formula is C25H26N6O. The Morgan fingerprint density at radius 3 is 2.72 bits per heavy atom. The van der Waals surface area contributed by atoms with Gasteiger partial charge in [0.05, 0.1) is 24.8 Å². The van der Waals surface area contributed by atoms with Crippen molar-refractivity contribution >= 4 is 12.2 Å².